The van der Waals surface area contributed by atoms with Gasteiger partial charge in [0.2, 0.25) is 0 Å². The average molecular weight is 334 g/mol. The van der Waals surface area contributed by atoms with E-state index in [0.29, 0.717) is 12.6 Å². The lowest BCUT2D eigenvalue weighted by Crippen LogP contribution is -2.46. The molecule has 6 heteroatoms. The van der Waals surface area contributed by atoms with Crippen LogP contribution in [0.5, 0.6) is 0 Å². The molecule has 1 fully saturated rings. The molecule has 2 heterocycles. The van der Waals surface area contributed by atoms with Gasteiger partial charge in [-0.25, -0.2) is 0 Å². The Morgan fingerprint density at radius 2 is 2.17 bits per heavy atom. The van der Waals surface area contributed by atoms with Crippen LogP contribution in [0.15, 0.2) is 23.3 Å². The summed E-state index contributed by atoms with van der Waals surface area (Å²) in [5, 5.41) is 3.43. The Morgan fingerprint density at radius 1 is 1.38 bits per heavy atom. The molecule has 24 heavy (non-hydrogen) atoms. The van der Waals surface area contributed by atoms with Gasteiger partial charge in [0, 0.05) is 46.7 Å². The molecule has 134 valence electrons. The molecule has 0 unspecified atom stereocenters. The van der Waals surface area contributed by atoms with Crippen molar-refractivity contribution in [3.63, 3.8) is 0 Å². The molecule has 0 radical (unpaired) electrons. The summed E-state index contributed by atoms with van der Waals surface area (Å²) >= 11 is 0. The van der Waals surface area contributed by atoms with Crippen LogP contribution in [-0.4, -0.2) is 62.4 Å². The third kappa shape index (κ3) is 5.76. The molecule has 0 atom stereocenters. The fraction of sp³-hybridized carbons (Fsp3) is 0.667. The van der Waals surface area contributed by atoms with Crippen LogP contribution in [0.3, 0.4) is 0 Å². The van der Waals surface area contributed by atoms with Gasteiger partial charge in [-0.15, -0.1) is 0 Å². The summed E-state index contributed by atoms with van der Waals surface area (Å²) in [7, 11) is 3.56. The molecule has 6 nitrogen and oxygen atoms in total. The Kier molecular flexibility index (Phi) is 7.98. The quantitative estimate of drug-likeness (QED) is 0.469. The zero-order valence-corrected chi connectivity index (χ0v) is 15.1. The monoisotopic (exact) mass is 334 g/mol. The minimum Gasteiger partial charge on any atom is -0.385 e. The number of ether oxygens (including phenoxy) is 2. The fourth-order valence-corrected chi connectivity index (χ4v) is 2.89. The van der Waals surface area contributed by atoms with Crippen molar-refractivity contribution in [2.75, 3.05) is 40.5 Å². The van der Waals surface area contributed by atoms with Crippen LogP contribution in [0, 0.1) is 6.92 Å². The number of hydrogen-bond acceptors (Lipinski definition) is 4. The first-order chi connectivity index (χ1) is 11.7. The highest BCUT2D eigenvalue weighted by molar-refractivity contribution is 5.79. The number of piperidine rings is 1. The van der Waals surface area contributed by atoms with Gasteiger partial charge in [-0.1, -0.05) is 6.07 Å². The summed E-state index contributed by atoms with van der Waals surface area (Å²) in [6.45, 7) is 6.27. The van der Waals surface area contributed by atoms with Crippen molar-refractivity contribution in [3.8, 4) is 0 Å². The molecule has 2 rings (SSSR count). The van der Waals surface area contributed by atoms with Crippen molar-refractivity contribution in [2.45, 2.75) is 38.8 Å². The second-order valence-corrected chi connectivity index (χ2v) is 6.07. The molecule has 0 amide bonds. The Labute approximate surface area is 145 Å². The summed E-state index contributed by atoms with van der Waals surface area (Å²) in [5.74, 6) is 0.942. The van der Waals surface area contributed by atoms with E-state index in [9.17, 15) is 0 Å². The summed E-state index contributed by atoms with van der Waals surface area (Å²) in [6, 6.07) is 4.05. The highest BCUT2D eigenvalue weighted by Crippen LogP contribution is 2.14. The van der Waals surface area contributed by atoms with Gasteiger partial charge in [0.15, 0.2) is 5.96 Å². The SMILES string of the molecule is CN=C(NCc1ncccc1C)N1CCC(OCCCOC)CC1. The van der Waals surface area contributed by atoms with Gasteiger partial charge in [0.05, 0.1) is 18.3 Å². The number of likely N-dealkylation sites (tertiary alicyclic amines) is 1. The molecule has 0 saturated carbocycles. The molecule has 0 spiro atoms. The Balaban J connectivity index is 1.74. The molecule has 0 aromatic carbocycles. The first-order valence-corrected chi connectivity index (χ1v) is 8.71. The lowest BCUT2D eigenvalue weighted by atomic mass is 10.1. The number of methoxy groups -OCH3 is 1. The maximum atomic E-state index is 5.91. The number of aryl methyl sites for hydroxylation is 1. The van der Waals surface area contributed by atoms with E-state index < -0.39 is 0 Å². The van der Waals surface area contributed by atoms with E-state index in [0.717, 1.165) is 57.2 Å². The van der Waals surface area contributed by atoms with Crippen molar-refractivity contribution in [3.05, 3.63) is 29.6 Å². The van der Waals surface area contributed by atoms with Gasteiger partial charge in [-0.3, -0.25) is 9.98 Å². The van der Waals surface area contributed by atoms with Crippen LogP contribution < -0.4 is 5.32 Å². The summed E-state index contributed by atoms with van der Waals surface area (Å²) in [6.07, 6.45) is 5.23. The van der Waals surface area contributed by atoms with E-state index >= 15 is 0 Å². The van der Waals surface area contributed by atoms with E-state index in [1.807, 2.05) is 19.3 Å². The smallest absolute Gasteiger partial charge is 0.193 e. The number of pyridine rings is 1. The summed E-state index contributed by atoms with van der Waals surface area (Å²) in [5.41, 5.74) is 2.26. The van der Waals surface area contributed by atoms with E-state index in [1.165, 1.54) is 5.56 Å². The zero-order valence-electron chi connectivity index (χ0n) is 15.1. The number of hydrogen-bond donors (Lipinski definition) is 1. The fourth-order valence-electron chi connectivity index (χ4n) is 2.89. The molecular formula is C18H30N4O2. The van der Waals surface area contributed by atoms with Crippen LogP contribution in [0.1, 0.15) is 30.5 Å². The summed E-state index contributed by atoms with van der Waals surface area (Å²) < 4.78 is 11.0. The molecule has 1 saturated heterocycles. The van der Waals surface area contributed by atoms with Crippen LogP contribution in [-0.2, 0) is 16.0 Å². The lowest BCUT2D eigenvalue weighted by molar-refractivity contribution is 0.00989. The van der Waals surface area contributed by atoms with Gasteiger partial charge in [0.25, 0.3) is 0 Å². The average Bonchev–Trinajstić information content (AvgIpc) is 2.62. The van der Waals surface area contributed by atoms with Gasteiger partial charge < -0.3 is 19.7 Å². The standard InChI is InChI=1S/C18H30N4O2/c1-15-6-4-9-20-17(15)14-21-18(19-2)22-10-7-16(8-11-22)24-13-5-12-23-3/h4,6,9,16H,5,7-8,10-14H2,1-3H3,(H,19,21). The molecule has 1 aromatic heterocycles. The van der Waals surface area contributed by atoms with Crippen molar-refractivity contribution < 1.29 is 9.47 Å². The normalized spacial score (nSPS) is 16.5. The first kappa shape index (κ1) is 18.7. The Bertz CT molecular complexity index is 513. The van der Waals surface area contributed by atoms with Crippen LogP contribution in [0.4, 0.5) is 0 Å². The van der Waals surface area contributed by atoms with Gasteiger partial charge >= 0.3 is 0 Å². The van der Waals surface area contributed by atoms with E-state index in [4.69, 9.17) is 9.47 Å². The predicted molar refractivity (Wildman–Crippen MR) is 96.2 cm³/mol. The number of aliphatic imine (C=N–C) groups is 1. The maximum absolute atomic E-state index is 5.91. The van der Waals surface area contributed by atoms with E-state index in [1.54, 1.807) is 7.11 Å². The Morgan fingerprint density at radius 3 is 2.83 bits per heavy atom. The van der Waals surface area contributed by atoms with Crippen LogP contribution >= 0.6 is 0 Å². The first-order valence-electron chi connectivity index (χ1n) is 8.71. The minimum absolute atomic E-state index is 0.356. The number of nitrogens with one attached hydrogen (secondary N) is 1. The highest BCUT2D eigenvalue weighted by atomic mass is 16.5. The maximum Gasteiger partial charge on any atom is 0.193 e. The zero-order chi connectivity index (χ0) is 17.2. The summed E-state index contributed by atoms with van der Waals surface area (Å²) in [4.78, 5) is 11.1. The van der Waals surface area contributed by atoms with E-state index in [2.05, 4.69) is 33.2 Å². The third-order valence-corrected chi connectivity index (χ3v) is 4.33. The number of aromatic nitrogens is 1. The topological polar surface area (TPSA) is 59.0 Å². The van der Waals surface area contributed by atoms with Crippen molar-refractivity contribution >= 4 is 5.96 Å². The molecule has 0 aliphatic carbocycles. The highest BCUT2D eigenvalue weighted by Gasteiger charge is 2.21. The largest absolute Gasteiger partial charge is 0.385 e. The van der Waals surface area contributed by atoms with Crippen LogP contribution in [0.25, 0.3) is 0 Å². The van der Waals surface area contributed by atoms with Crippen molar-refractivity contribution in [1.29, 1.82) is 0 Å². The van der Waals surface area contributed by atoms with Gasteiger partial charge in [0.1, 0.15) is 0 Å². The molecule has 0 bridgehead atoms. The second kappa shape index (κ2) is 10.3. The molecule has 1 N–H and O–H groups in total. The van der Waals surface area contributed by atoms with Gasteiger partial charge in [-0.05, 0) is 37.8 Å². The van der Waals surface area contributed by atoms with Crippen molar-refractivity contribution in [1.82, 2.24) is 15.2 Å². The predicted octanol–water partition coefficient (Wildman–Crippen LogP) is 1.98. The van der Waals surface area contributed by atoms with Gasteiger partial charge in [-0.2, -0.15) is 0 Å². The molecular weight excluding hydrogens is 304 g/mol. The molecule has 1 aromatic rings. The van der Waals surface area contributed by atoms with E-state index in [-0.39, 0.29) is 0 Å². The van der Waals surface area contributed by atoms with Crippen LogP contribution in [0.2, 0.25) is 0 Å². The lowest BCUT2D eigenvalue weighted by Gasteiger charge is -2.34. The van der Waals surface area contributed by atoms with Crippen molar-refractivity contribution in [2.24, 2.45) is 4.99 Å². The molecule has 1 aliphatic rings. The third-order valence-electron chi connectivity index (χ3n) is 4.33. The minimum atomic E-state index is 0.356. The number of guanidine groups is 1. The number of nitrogens with zero attached hydrogens (tertiary/aromatic N) is 3. The number of rotatable bonds is 7. The second-order valence-electron chi connectivity index (χ2n) is 6.07. The Hall–Kier alpha value is -1.66. The molecule has 1 aliphatic heterocycles.